The summed E-state index contributed by atoms with van der Waals surface area (Å²) in [6.45, 7) is 4.67. The van der Waals surface area contributed by atoms with Gasteiger partial charge < -0.3 is 14.7 Å². The summed E-state index contributed by atoms with van der Waals surface area (Å²) in [5, 5.41) is 8.90. The fourth-order valence-electron chi connectivity index (χ4n) is 4.34. The lowest BCUT2D eigenvalue weighted by Crippen LogP contribution is -2.53. The molecule has 2 aromatic carbocycles. The maximum Gasteiger partial charge on any atom is 0.331 e. The van der Waals surface area contributed by atoms with E-state index in [1.807, 2.05) is 49.6 Å². The van der Waals surface area contributed by atoms with Crippen molar-refractivity contribution in [1.29, 1.82) is 0 Å². The maximum absolute atomic E-state index is 14.0. The normalized spacial score (nSPS) is 20.2. The van der Waals surface area contributed by atoms with Crippen molar-refractivity contribution >= 4 is 39.1 Å². The number of rotatable bonds is 9. The third-order valence-corrected chi connectivity index (χ3v) is 9.17. The molecule has 0 saturated carbocycles. The molecule has 7 nitrogen and oxygen atoms in total. The molecule has 0 bridgehead atoms. The van der Waals surface area contributed by atoms with Gasteiger partial charge in [0.15, 0.2) is 0 Å². The van der Waals surface area contributed by atoms with Gasteiger partial charge in [0.1, 0.15) is 10.6 Å². The van der Waals surface area contributed by atoms with Crippen LogP contribution >= 0.6 is 11.8 Å². The molecule has 3 rings (SSSR count). The molecule has 1 heterocycles. The minimum Gasteiger partial charge on any atom is -0.478 e. The van der Waals surface area contributed by atoms with E-state index in [1.165, 1.54) is 22.1 Å². The van der Waals surface area contributed by atoms with E-state index in [4.69, 9.17) is 9.84 Å². The third kappa shape index (κ3) is 5.11. The van der Waals surface area contributed by atoms with Crippen LogP contribution in [0.3, 0.4) is 0 Å². The number of aliphatic carboxylic acids is 1. The van der Waals surface area contributed by atoms with Crippen molar-refractivity contribution in [3.63, 3.8) is 0 Å². The molecule has 1 N–H and O–H groups in total. The summed E-state index contributed by atoms with van der Waals surface area (Å²) in [5.41, 5.74) is 0.909. The number of carboxylic acids is 1. The number of hydrogen-bond acceptors (Lipinski definition) is 6. The summed E-state index contributed by atoms with van der Waals surface area (Å²) in [6.07, 6.45) is 7.10. The highest BCUT2D eigenvalue weighted by Crippen LogP contribution is 2.46. The molecule has 1 aliphatic heterocycles. The molecule has 9 heteroatoms. The number of carbonyl (C=O) groups is 1. The molecule has 0 unspecified atom stereocenters. The maximum atomic E-state index is 14.0. The molecule has 0 amide bonds. The zero-order valence-corrected chi connectivity index (χ0v) is 21.7. The largest absolute Gasteiger partial charge is 0.478 e. The Morgan fingerprint density at radius 3 is 2.53 bits per heavy atom. The van der Waals surface area contributed by atoms with Gasteiger partial charge in [-0.3, -0.25) is 0 Å². The molecule has 0 aliphatic carbocycles. The number of unbranched alkanes of at least 4 members (excludes halogenated alkanes) is 1. The fraction of sp³-hybridized carbons (Fsp3) is 0.400. The van der Waals surface area contributed by atoms with Gasteiger partial charge in [0.05, 0.1) is 28.5 Å². The highest BCUT2D eigenvalue weighted by molar-refractivity contribution is 7.98. The van der Waals surface area contributed by atoms with Crippen LogP contribution in [-0.2, 0) is 14.8 Å². The number of thioether (sulfide) groups is 1. The standard InChI is InChI=1S/C25H32N2O5S2/c1-5-7-14-25(6-2)18-27(19-11-9-8-10-12-19)20-16-22(33-4)21(32-15-13-24(28)29)17-23(20)34(30,31)26(25)3/h8-13,15-17H,5-7,14,18H2,1-4H3,(H,28,29)/b15-13+/t25-/m1/s1. The minimum absolute atomic E-state index is 0.141. The molecule has 0 radical (unpaired) electrons. The summed E-state index contributed by atoms with van der Waals surface area (Å²) in [7, 11) is -2.21. The van der Waals surface area contributed by atoms with Crippen LogP contribution in [0.5, 0.6) is 5.75 Å². The Morgan fingerprint density at radius 1 is 1.24 bits per heavy atom. The Kier molecular flexibility index (Phi) is 8.33. The highest BCUT2D eigenvalue weighted by atomic mass is 32.2. The zero-order chi connectivity index (χ0) is 24.9. The van der Waals surface area contributed by atoms with Gasteiger partial charge in [-0.25, -0.2) is 13.2 Å². The number of ether oxygens (including phenoxy) is 1. The Balaban J connectivity index is 2.28. The predicted octanol–water partition coefficient (Wildman–Crippen LogP) is 5.50. The van der Waals surface area contributed by atoms with Gasteiger partial charge in [0, 0.05) is 25.3 Å². The van der Waals surface area contributed by atoms with E-state index in [1.54, 1.807) is 7.05 Å². The number of likely N-dealkylation sites (N-methyl/N-ethyl adjacent to an activating group) is 1. The first-order chi connectivity index (χ1) is 16.2. The Hall–Kier alpha value is -2.49. The van der Waals surface area contributed by atoms with Gasteiger partial charge in [0.2, 0.25) is 10.0 Å². The minimum atomic E-state index is -3.88. The number of para-hydroxylation sites is 1. The van der Waals surface area contributed by atoms with Crippen molar-refractivity contribution in [2.45, 2.75) is 54.9 Å². The van der Waals surface area contributed by atoms with Crippen molar-refractivity contribution in [1.82, 2.24) is 4.31 Å². The average Bonchev–Trinajstić information content (AvgIpc) is 2.90. The molecule has 0 fully saturated rings. The third-order valence-electron chi connectivity index (χ3n) is 6.42. The van der Waals surface area contributed by atoms with Crippen molar-refractivity contribution in [2.75, 3.05) is 24.7 Å². The molecular weight excluding hydrogens is 472 g/mol. The summed E-state index contributed by atoms with van der Waals surface area (Å²) in [6, 6.07) is 13.1. The molecule has 0 saturated heterocycles. The quantitative estimate of drug-likeness (QED) is 0.274. The lowest BCUT2D eigenvalue weighted by atomic mass is 9.88. The number of anilines is 2. The van der Waals surface area contributed by atoms with Crippen LogP contribution in [0.4, 0.5) is 11.4 Å². The van der Waals surface area contributed by atoms with Crippen molar-refractivity contribution in [3.8, 4) is 5.75 Å². The van der Waals surface area contributed by atoms with Crippen LogP contribution in [0.2, 0.25) is 0 Å². The Morgan fingerprint density at radius 2 is 1.94 bits per heavy atom. The molecule has 0 spiro atoms. The van der Waals surface area contributed by atoms with E-state index in [-0.39, 0.29) is 4.90 Å². The van der Waals surface area contributed by atoms with Crippen LogP contribution < -0.4 is 9.64 Å². The van der Waals surface area contributed by atoms with Crippen LogP contribution in [0.1, 0.15) is 39.5 Å². The summed E-state index contributed by atoms with van der Waals surface area (Å²) in [4.78, 5) is 13.8. The molecule has 184 valence electrons. The van der Waals surface area contributed by atoms with E-state index >= 15 is 0 Å². The van der Waals surface area contributed by atoms with Gasteiger partial charge in [-0.15, -0.1) is 11.8 Å². The Bertz CT molecular complexity index is 1150. The molecule has 2 aromatic rings. The lowest BCUT2D eigenvalue weighted by molar-refractivity contribution is -0.131. The summed E-state index contributed by atoms with van der Waals surface area (Å²) >= 11 is 1.41. The average molecular weight is 505 g/mol. The fourth-order valence-corrected chi connectivity index (χ4v) is 6.65. The van der Waals surface area contributed by atoms with Crippen LogP contribution in [0, 0.1) is 0 Å². The molecule has 1 aliphatic rings. The van der Waals surface area contributed by atoms with E-state index < -0.39 is 21.5 Å². The van der Waals surface area contributed by atoms with Crippen LogP contribution in [-0.4, -0.2) is 49.2 Å². The first kappa shape index (κ1) is 26.1. The number of fused-ring (bicyclic) bond motifs is 1. The molecule has 0 aromatic heterocycles. The van der Waals surface area contributed by atoms with Gasteiger partial charge in [-0.05, 0) is 37.3 Å². The van der Waals surface area contributed by atoms with Crippen molar-refractivity contribution in [2.24, 2.45) is 0 Å². The second-order valence-electron chi connectivity index (χ2n) is 8.31. The van der Waals surface area contributed by atoms with Crippen molar-refractivity contribution in [3.05, 3.63) is 54.8 Å². The van der Waals surface area contributed by atoms with Gasteiger partial charge >= 0.3 is 5.97 Å². The number of hydrogen-bond donors (Lipinski definition) is 1. The second-order valence-corrected chi connectivity index (χ2v) is 11.1. The smallest absolute Gasteiger partial charge is 0.331 e. The topological polar surface area (TPSA) is 87.1 Å². The van der Waals surface area contributed by atoms with Crippen molar-refractivity contribution < 1.29 is 23.1 Å². The van der Waals surface area contributed by atoms with E-state index in [9.17, 15) is 13.2 Å². The van der Waals surface area contributed by atoms with E-state index in [2.05, 4.69) is 11.8 Å². The number of nitrogens with zero attached hydrogens (tertiary/aromatic N) is 2. The SMILES string of the molecule is CCCC[C@]1(CC)CN(c2ccccc2)c2cc(SC)c(O/C=C/C(=O)O)cc2S(=O)(=O)N1C. The molecule has 34 heavy (non-hydrogen) atoms. The first-order valence-electron chi connectivity index (χ1n) is 11.3. The Labute approximate surface area is 206 Å². The van der Waals surface area contributed by atoms with Gasteiger partial charge in [0.25, 0.3) is 0 Å². The number of benzene rings is 2. The first-order valence-corrected chi connectivity index (χ1v) is 14.0. The van der Waals surface area contributed by atoms with Crippen LogP contribution in [0.15, 0.2) is 64.6 Å². The monoisotopic (exact) mass is 504 g/mol. The second kappa shape index (κ2) is 10.8. The number of sulfonamides is 1. The molecule has 1 atom stereocenters. The highest BCUT2D eigenvalue weighted by Gasteiger charge is 2.46. The van der Waals surface area contributed by atoms with E-state index in [0.29, 0.717) is 29.3 Å². The zero-order valence-electron chi connectivity index (χ0n) is 20.0. The lowest BCUT2D eigenvalue weighted by Gasteiger charge is -2.41. The summed E-state index contributed by atoms with van der Waals surface area (Å²) < 4.78 is 35.1. The number of carboxylic acid groups (broad SMARTS) is 1. The molecular formula is C25H32N2O5S2. The summed E-state index contributed by atoms with van der Waals surface area (Å²) in [5.74, 6) is -0.849. The van der Waals surface area contributed by atoms with E-state index in [0.717, 1.165) is 37.3 Å². The predicted molar refractivity (Wildman–Crippen MR) is 137 cm³/mol. The van der Waals surface area contributed by atoms with Gasteiger partial charge in [-0.1, -0.05) is 44.9 Å². The van der Waals surface area contributed by atoms with Crippen LogP contribution in [0.25, 0.3) is 0 Å². The van der Waals surface area contributed by atoms with Gasteiger partial charge in [-0.2, -0.15) is 4.31 Å².